The first-order valence-corrected chi connectivity index (χ1v) is 2.97. The zero-order valence-electron chi connectivity index (χ0n) is 3.74. The van der Waals surface area contributed by atoms with Gasteiger partial charge in [-0.15, -0.1) is 23.2 Å². The molecule has 0 spiro atoms. The Kier molecular flexibility index (Phi) is 4.08. The summed E-state index contributed by atoms with van der Waals surface area (Å²) >= 11 is 15.6. The minimum absolute atomic E-state index is 0.0139. The number of hydrogen-bond donors (Lipinski definition) is 0. The van der Waals surface area contributed by atoms with Crippen LogP contribution in [0.1, 0.15) is 0 Å². The molecule has 0 aromatic rings. The summed E-state index contributed by atoms with van der Waals surface area (Å²) in [6.45, 7) is 0. The van der Waals surface area contributed by atoms with Crippen LogP contribution in [-0.4, -0.2) is 4.84 Å². The molecular formula is C4H2Cl3N. The van der Waals surface area contributed by atoms with Gasteiger partial charge in [0.15, 0.2) is 0 Å². The van der Waals surface area contributed by atoms with Gasteiger partial charge in [0.05, 0.1) is 0 Å². The van der Waals surface area contributed by atoms with Crippen molar-refractivity contribution in [1.82, 2.24) is 0 Å². The minimum Gasteiger partial charge on any atom is -0.191 e. The van der Waals surface area contributed by atoms with Crippen molar-refractivity contribution in [2.24, 2.45) is 0 Å². The fraction of sp³-hybridized carbons (Fsp3) is 0.250. The van der Waals surface area contributed by atoms with Crippen LogP contribution in [0.15, 0.2) is 11.1 Å². The van der Waals surface area contributed by atoms with E-state index in [1.54, 1.807) is 6.07 Å². The summed E-state index contributed by atoms with van der Waals surface area (Å²) in [5.74, 6) is 0. The Labute approximate surface area is 62.4 Å². The largest absolute Gasteiger partial charge is 0.191 e. The molecule has 1 nitrogen and oxygen atoms in total. The molecule has 0 heterocycles. The zero-order valence-corrected chi connectivity index (χ0v) is 6.00. The summed E-state index contributed by atoms with van der Waals surface area (Å²) in [4.78, 5) is -0.692. The molecule has 0 aliphatic rings. The van der Waals surface area contributed by atoms with Crippen LogP contribution in [0, 0.1) is 11.3 Å². The molecule has 0 rings (SSSR count). The van der Waals surface area contributed by atoms with Crippen LogP contribution in [0.3, 0.4) is 0 Å². The molecule has 0 atom stereocenters. The van der Waals surface area contributed by atoms with Crippen LogP contribution >= 0.6 is 34.8 Å². The lowest BCUT2D eigenvalue weighted by atomic mass is 10.6. The summed E-state index contributed by atoms with van der Waals surface area (Å²) in [6, 6.07) is 1.65. The number of nitriles is 1. The molecule has 0 amide bonds. The van der Waals surface area contributed by atoms with Gasteiger partial charge in [0, 0.05) is 0 Å². The van der Waals surface area contributed by atoms with Gasteiger partial charge in [-0.1, -0.05) is 11.6 Å². The van der Waals surface area contributed by atoms with Crippen LogP contribution in [0.25, 0.3) is 0 Å². The smallest absolute Gasteiger partial charge is 0.128 e. The fourth-order valence-electron chi connectivity index (χ4n) is 0.148. The molecule has 0 aromatic carbocycles. The van der Waals surface area contributed by atoms with Crippen LogP contribution in [-0.2, 0) is 0 Å². The quantitative estimate of drug-likeness (QED) is 0.438. The third-order valence-electron chi connectivity index (χ3n) is 0.379. The topological polar surface area (TPSA) is 23.8 Å². The molecule has 0 N–H and O–H groups in total. The molecule has 4 heteroatoms. The van der Waals surface area contributed by atoms with Crippen LogP contribution in [0.4, 0.5) is 0 Å². The van der Waals surface area contributed by atoms with Crippen molar-refractivity contribution in [3.05, 3.63) is 11.1 Å². The fourth-order valence-corrected chi connectivity index (χ4v) is 0.655. The highest BCUT2D eigenvalue weighted by molar-refractivity contribution is 6.46. The highest BCUT2D eigenvalue weighted by atomic mass is 35.5. The standard InChI is InChI=1S/C4H2Cl3N/c5-3(2-8)1-4(6)7/h1,4H/b3-1-. The molecule has 0 saturated carbocycles. The first kappa shape index (κ1) is 8.10. The molecule has 0 unspecified atom stereocenters. The maximum Gasteiger partial charge on any atom is 0.128 e. The first-order chi connectivity index (χ1) is 3.66. The van der Waals surface area contributed by atoms with E-state index in [1.165, 1.54) is 6.08 Å². The lowest BCUT2D eigenvalue weighted by Crippen LogP contribution is -1.76. The molecule has 0 saturated heterocycles. The number of alkyl halides is 2. The van der Waals surface area contributed by atoms with E-state index in [1.807, 2.05) is 0 Å². The van der Waals surface area contributed by atoms with E-state index in [-0.39, 0.29) is 5.03 Å². The van der Waals surface area contributed by atoms with Crippen molar-refractivity contribution >= 4 is 34.8 Å². The maximum absolute atomic E-state index is 8.02. The second kappa shape index (κ2) is 4.03. The van der Waals surface area contributed by atoms with E-state index < -0.39 is 4.84 Å². The SMILES string of the molecule is N#C/C(Cl)=C/C(Cl)Cl. The monoisotopic (exact) mass is 169 g/mol. The Morgan fingerprint density at radius 2 is 2.12 bits per heavy atom. The lowest BCUT2D eigenvalue weighted by molar-refractivity contribution is 1.50. The normalized spacial score (nSPS) is 11.6. The second-order valence-corrected chi connectivity index (χ2v) is 2.53. The summed E-state index contributed by atoms with van der Waals surface area (Å²) < 4.78 is 0. The van der Waals surface area contributed by atoms with E-state index in [4.69, 9.17) is 40.1 Å². The molecule has 0 bridgehead atoms. The minimum atomic E-state index is -0.692. The van der Waals surface area contributed by atoms with Crippen molar-refractivity contribution in [3.8, 4) is 6.07 Å². The van der Waals surface area contributed by atoms with E-state index in [2.05, 4.69) is 0 Å². The average Bonchev–Trinajstić information content (AvgIpc) is 1.65. The van der Waals surface area contributed by atoms with Gasteiger partial charge in [0.25, 0.3) is 0 Å². The third-order valence-corrected chi connectivity index (χ3v) is 0.842. The number of halogens is 3. The molecule has 8 heavy (non-hydrogen) atoms. The molecule has 0 radical (unpaired) electrons. The molecule has 0 aliphatic carbocycles. The molecule has 0 aromatic heterocycles. The van der Waals surface area contributed by atoms with Crippen LogP contribution in [0.2, 0.25) is 0 Å². The Bertz CT molecular complexity index is 133. The van der Waals surface area contributed by atoms with Gasteiger partial charge in [0.2, 0.25) is 0 Å². The zero-order chi connectivity index (χ0) is 6.57. The molecule has 0 aliphatic heterocycles. The van der Waals surface area contributed by atoms with Crippen molar-refractivity contribution < 1.29 is 0 Å². The summed E-state index contributed by atoms with van der Waals surface area (Å²) in [7, 11) is 0. The number of nitrogens with zero attached hydrogens (tertiary/aromatic N) is 1. The van der Waals surface area contributed by atoms with E-state index in [0.29, 0.717) is 0 Å². The highest BCUT2D eigenvalue weighted by Crippen LogP contribution is 2.08. The van der Waals surface area contributed by atoms with E-state index in [0.717, 1.165) is 0 Å². The Morgan fingerprint density at radius 1 is 1.62 bits per heavy atom. The Morgan fingerprint density at radius 3 is 2.25 bits per heavy atom. The Hall–Kier alpha value is 0.1000. The van der Waals surface area contributed by atoms with Crippen LogP contribution in [0.5, 0.6) is 0 Å². The van der Waals surface area contributed by atoms with Gasteiger partial charge in [-0.2, -0.15) is 5.26 Å². The van der Waals surface area contributed by atoms with Gasteiger partial charge < -0.3 is 0 Å². The molecule has 44 valence electrons. The van der Waals surface area contributed by atoms with Crippen molar-refractivity contribution in [2.45, 2.75) is 4.84 Å². The molecule has 0 fully saturated rings. The van der Waals surface area contributed by atoms with E-state index >= 15 is 0 Å². The average molecular weight is 170 g/mol. The van der Waals surface area contributed by atoms with E-state index in [9.17, 15) is 0 Å². The third kappa shape index (κ3) is 4.26. The summed E-state index contributed by atoms with van der Waals surface area (Å²) in [6.07, 6.45) is 1.24. The van der Waals surface area contributed by atoms with Gasteiger partial charge in [-0.3, -0.25) is 0 Å². The first-order valence-electron chi connectivity index (χ1n) is 1.72. The van der Waals surface area contributed by atoms with Gasteiger partial charge in [0.1, 0.15) is 15.9 Å². The highest BCUT2D eigenvalue weighted by Gasteiger charge is 1.93. The van der Waals surface area contributed by atoms with Gasteiger partial charge >= 0.3 is 0 Å². The van der Waals surface area contributed by atoms with Crippen LogP contribution < -0.4 is 0 Å². The van der Waals surface area contributed by atoms with Crippen molar-refractivity contribution in [1.29, 1.82) is 5.26 Å². The predicted octanol–water partition coefficient (Wildman–Crippen LogP) is 2.44. The molecular weight excluding hydrogens is 168 g/mol. The van der Waals surface area contributed by atoms with Gasteiger partial charge in [-0.25, -0.2) is 0 Å². The lowest BCUT2D eigenvalue weighted by Gasteiger charge is -1.84. The number of hydrogen-bond acceptors (Lipinski definition) is 1. The van der Waals surface area contributed by atoms with Crippen molar-refractivity contribution in [3.63, 3.8) is 0 Å². The van der Waals surface area contributed by atoms with Gasteiger partial charge in [-0.05, 0) is 6.08 Å². The maximum atomic E-state index is 8.02. The Balaban J connectivity index is 3.80. The predicted molar refractivity (Wildman–Crippen MR) is 35.0 cm³/mol. The van der Waals surface area contributed by atoms with Crippen molar-refractivity contribution in [2.75, 3.05) is 0 Å². The summed E-state index contributed by atoms with van der Waals surface area (Å²) in [5, 5.41) is 8.03. The number of allylic oxidation sites excluding steroid dienone is 2. The number of rotatable bonds is 1. The second-order valence-electron chi connectivity index (χ2n) is 0.961. The summed E-state index contributed by atoms with van der Waals surface area (Å²) in [5.41, 5.74) is 0.